The molecule has 0 amide bonds. The fourth-order valence-corrected chi connectivity index (χ4v) is 4.66. The van der Waals surface area contributed by atoms with E-state index in [4.69, 9.17) is 0 Å². The van der Waals surface area contributed by atoms with Gasteiger partial charge in [0.25, 0.3) is 0 Å². The van der Waals surface area contributed by atoms with Crippen molar-refractivity contribution in [2.24, 2.45) is 0 Å². The lowest BCUT2D eigenvalue weighted by Gasteiger charge is -2.24. The molecule has 1 aromatic heterocycles. The number of aryl methyl sites for hydroxylation is 1. The van der Waals surface area contributed by atoms with Crippen molar-refractivity contribution in [3.05, 3.63) is 71.8 Å². The average Bonchev–Trinajstić information content (AvgIpc) is 3.01. The zero-order valence-corrected chi connectivity index (χ0v) is 15.1. The zero-order valence-electron chi connectivity index (χ0n) is 14.3. The molecule has 0 saturated heterocycles. The lowest BCUT2D eigenvalue weighted by molar-refractivity contribution is -0.137. The minimum atomic E-state index is -4.39. The molecule has 0 N–H and O–H groups in total. The van der Waals surface area contributed by atoms with Gasteiger partial charge in [-0.2, -0.15) is 13.2 Å². The quantitative estimate of drug-likeness (QED) is 0.362. The van der Waals surface area contributed by atoms with Gasteiger partial charge in [-0.3, -0.25) is 0 Å². The molecule has 1 heterocycles. The first-order chi connectivity index (χ1) is 12.4. The summed E-state index contributed by atoms with van der Waals surface area (Å²) in [5.41, 5.74) is 1.48. The maximum absolute atomic E-state index is 13.4. The van der Waals surface area contributed by atoms with Crippen molar-refractivity contribution in [2.75, 3.05) is 11.9 Å². The number of para-hydroxylation sites is 1. The largest absolute Gasteiger partial charge is 0.418 e. The number of rotatable bonds is 2. The van der Waals surface area contributed by atoms with Gasteiger partial charge in [0.2, 0.25) is 0 Å². The zero-order chi connectivity index (χ0) is 18.5. The third-order valence-electron chi connectivity index (χ3n) is 4.63. The second kappa shape index (κ2) is 6.02. The van der Waals surface area contributed by atoms with Gasteiger partial charge in [0.15, 0.2) is 0 Å². The Kier molecular flexibility index (Phi) is 3.92. The summed E-state index contributed by atoms with van der Waals surface area (Å²) in [6.45, 7) is 2.06. The molecule has 5 heteroatoms. The second-order valence-corrected chi connectivity index (χ2v) is 7.30. The van der Waals surface area contributed by atoms with Crippen LogP contribution < -0.4 is 4.90 Å². The Labute approximate surface area is 153 Å². The molecule has 0 spiro atoms. The van der Waals surface area contributed by atoms with Crippen LogP contribution >= 0.6 is 11.3 Å². The van der Waals surface area contributed by atoms with Crippen molar-refractivity contribution < 1.29 is 13.2 Å². The Balaban J connectivity index is 1.96. The van der Waals surface area contributed by atoms with E-state index in [1.165, 1.54) is 22.4 Å². The number of alkyl halides is 3. The summed E-state index contributed by atoms with van der Waals surface area (Å²) >= 11 is 1.63. The van der Waals surface area contributed by atoms with E-state index in [2.05, 4.69) is 19.1 Å². The van der Waals surface area contributed by atoms with Crippen molar-refractivity contribution in [3.63, 3.8) is 0 Å². The van der Waals surface area contributed by atoms with Gasteiger partial charge in [-0.1, -0.05) is 42.5 Å². The van der Waals surface area contributed by atoms with Crippen molar-refractivity contribution in [2.45, 2.75) is 13.1 Å². The molecule has 26 heavy (non-hydrogen) atoms. The molecule has 0 radical (unpaired) electrons. The highest BCUT2D eigenvalue weighted by atomic mass is 32.1. The van der Waals surface area contributed by atoms with Crippen LogP contribution in [0.25, 0.3) is 20.2 Å². The van der Waals surface area contributed by atoms with Gasteiger partial charge in [0.1, 0.15) is 0 Å². The third kappa shape index (κ3) is 2.63. The summed E-state index contributed by atoms with van der Waals surface area (Å²) in [6, 6.07) is 17.6. The monoisotopic (exact) mass is 371 g/mol. The highest BCUT2D eigenvalue weighted by molar-refractivity contribution is 7.26. The summed E-state index contributed by atoms with van der Waals surface area (Å²) in [5, 5.41) is 2.21. The van der Waals surface area contributed by atoms with Gasteiger partial charge in [-0.25, -0.2) is 0 Å². The van der Waals surface area contributed by atoms with E-state index in [9.17, 15) is 13.2 Å². The molecule has 0 saturated carbocycles. The Morgan fingerprint density at radius 1 is 0.769 bits per heavy atom. The van der Waals surface area contributed by atoms with E-state index in [0.29, 0.717) is 0 Å². The van der Waals surface area contributed by atoms with Gasteiger partial charge >= 0.3 is 6.18 Å². The van der Waals surface area contributed by atoms with Gasteiger partial charge < -0.3 is 4.90 Å². The van der Waals surface area contributed by atoms with Crippen LogP contribution in [0.4, 0.5) is 24.5 Å². The number of fused-ring (bicyclic) bond motifs is 3. The molecule has 4 rings (SSSR count). The minimum Gasteiger partial charge on any atom is -0.343 e. The van der Waals surface area contributed by atoms with Crippen LogP contribution in [-0.2, 0) is 6.18 Å². The molecule has 0 unspecified atom stereocenters. The van der Waals surface area contributed by atoms with Crippen LogP contribution in [0.5, 0.6) is 0 Å². The Morgan fingerprint density at radius 2 is 1.38 bits per heavy atom. The lowest BCUT2D eigenvalue weighted by Crippen LogP contribution is -2.16. The highest BCUT2D eigenvalue weighted by Crippen LogP contribution is 2.44. The molecule has 3 aromatic carbocycles. The number of hydrogen-bond acceptors (Lipinski definition) is 2. The standard InChI is InChI=1S/C21H16F3NS/c1-13-7-5-8-14-15-9-6-12-18(20(15)26-19(13)14)25(2)17-11-4-3-10-16(17)21(22,23)24/h3-12H,1-2H3. The van der Waals surface area contributed by atoms with Crippen molar-refractivity contribution >= 4 is 42.9 Å². The topological polar surface area (TPSA) is 3.24 Å². The van der Waals surface area contributed by atoms with Crippen LogP contribution in [0.15, 0.2) is 60.7 Å². The van der Waals surface area contributed by atoms with E-state index in [0.717, 1.165) is 27.2 Å². The van der Waals surface area contributed by atoms with E-state index in [1.54, 1.807) is 29.4 Å². The molecule has 132 valence electrons. The summed E-state index contributed by atoms with van der Waals surface area (Å²) in [7, 11) is 1.69. The first-order valence-corrected chi connectivity index (χ1v) is 9.00. The maximum Gasteiger partial charge on any atom is 0.418 e. The van der Waals surface area contributed by atoms with Crippen LogP contribution in [0, 0.1) is 6.92 Å². The van der Waals surface area contributed by atoms with Crippen molar-refractivity contribution in [1.82, 2.24) is 0 Å². The Morgan fingerprint density at radius 3 is 2.12 bits per heavy atom. The molecule has 0 aliphatic heterocycles. The SMILES string of the molecule is Cc1cccc2c1sc1c(N(C)c3ccccc3C(F)(F)F)cccc12. The lowest BCUT2D eigenvalue weighted by atomic mass is 10.1. The molecule has 0 fully saturated rings. The molecule has 0 aliphatic rings. The molecular formula is C21H16F3NS. The summed E-state index contributed by atoms with van der Waals surface area (Å²) in [6.07, 6.45) is -4.39. The number of benzene rings is 3. The van der Waals surface area contributed by atoms with Crippen molar-refractivity contribution in [3.8, 4) is 0 Å². The van der Waals surface area contributed by atoms with Gasteiger partial charge in [0.05, 0.1) is 21.6 Å². The van der Waals surface area contributed by atoms with Gasteiger partial charge in [-0.15, -0.1) is 11.3 Å². The molecule has 4 aromatic rings. The van der Waals surface area contributed by atoms with Crippen molar-refractivity contribution in [1.29, 1.82) is 0 Å². The van der Waals surface area contributed by atoms with E-state index >= 15 is 0 Å². The first kappa shape index (κ1) is 16.9. The molecule has 0 aliphatic carbocycles. The number of nitrogens with zero attached hydrogens (tertiary/aromatic N) is 1. The average molecular weight is 371 g/mol. The molecule has 1 nitrogen and oxygen atoms in total. The molecule has 0 bridgehead atoms. The van der Waals surface area contributed by atoms with E-state index < -0.39 is 11.7 Å². The predicted octanol–water partition coefficient (Wildman–Crippen LogP) is 7.15. The van der Waals surface area contributed by atoms with E-state index in [-0.39, 0.29) is 5.69 Å². The normalized spacial score (nSPS) is 12.0. The number of thiophene rings is 1. The number of anilines is 2. The Hall–Kier alpha value is -2.53. The number of hydrogen-bond donors (Lipinski definition) is 0. The fraction of sp³-hybridized carbons (Fsp3) is 0.143. The van der Waals surface area contributed by atoms with Gasteiger partial charge in [-0.05, 0) is 30.7 Å². The van der Waals surface area contributed by atoms with Crippen LogP contribution in [0.3, 0.4) is 0 Å². The Bertz CT molecular complexity index is 1110. The minimum absolute atomic E-state index is 0.154. The summed E-state index contributed by atoms with van der Waals surface area (Å²) in [5.74, 6) is 0. The smallest absolute Gasteiger partial charge is 0.343 e. The third-order valence-corrected chi connectivity index (χ3v) is 6.01. The highest BCUT2D eigenvalue weighted by Gasteiger charge is 2.34. The van der Waals surface area contributed by atoms with Crippen LogP contribution in [0.2, 0.25) is 0 Å². The summed E-state index contributed by atoms with van der Waals surface area (Å²) in [4.78, 5) is 1.63. The number of halogens is 3. The van der Waals surface area contributed by atoms with E-state index in [1.807, 2.05) is 24.3 Å². The van der Waals surface area contributed by atoms with Crippen LogP contribution in [-0.4, -0.2) is 7.05 Å². The molecular weight excluding hydrogens is 355 g/mol. The first-order valence-electron chi connectivity index (χ1n) is 8.19. The fourth-order valence-electron chi connectivity index (χ4n) is 3.35. The van der Waals surface area contributed by atoms with Gasteiger partial charge in [0, 0.05) is 22.5 Å². The molecule has 0 atom stereocenters. The van der Waals surface area contributed by atoms with Crippen LogP contribution in [0.1, 0.15) is 11.1 Å². The predicted molar refractivity (Wildman–Crippen MR) is 104 cm³/mol. The second-order valence-electron chi connectivity index (χ2n) is 6.28. The maximum atomic E-state index is 13.4. The summed E-state index contributed by atoms with van der Waals surface area (Å²) < 4.78 is 42.5.